The molecule has 1 aromatic carbocycles. The second-order valence-electron chi connectivity index (χ2n) is 6.96. The Labute approximate surface area is 182 Å². The van der Waals surface area contributed by atoms with E-state index in [1.165, 1.54) is 11.3 Å². The fourth-order valence-corrected chi connectivity index (χ4v) is 5.00. The van der Waals surface area contributed by atoms with E-state index in [-0.39, 0.29) is 12.4 Å². The van der Waals surface area contributed by atoms with Crippen molar-refractivity contribution in [2.45, 2.75) is 32.1 Å². The minimum absolute atomic E-state index is 0.0684. The molecule has 1 aliphatic heterocycles. The molecule has 2 heterocycles. The highest BCUT2D eigenvalue weighted by molar-refractivity contribution is 9.10. The van der Waals surface area contributed by atoms with Gasteiger partial charge < -0.3 is 10.5 Å². The molecular weight excluding hydrogens is 452 g/mol. The van der Waals surface area contributed by atoms with Gasteiger partial charge in [-0.3, -0.25) is 9.69 Å². The van der Waals surface area contributed by atoms with Crippen molar-refractivity contribution in [1.82, 2.24) is 0 Å². The van der Waals surface area contributed by atoms with Crippen LogP contribution in [-0.2, 0) is 14.3 Å². The minimum Gasteiger partial charge on any atom is -0.463 e. The molecule has 29 heavy (non-hydrogen) atoms. The molecule has 150 valence electrons. The molecule has 1 aliphatic carbocycles. The Morgan fingerprint density at radius 1 is 1.28 bits per heavy atom. The molecule has 0 fully saturated rings. The van der Waals surface area contributed by atoms with Gasteiger partial charge in [0.15, 0.2) is 5.78 Å². The molecule has 1 atom stereocenters. The van der Waals surface area contributed by atoms with Crippen LogP contribution in [0.5, 0.6) is 0 Å². The van der Waals surface area contributed by atoms with E-state index in [0.29, 0.717) is 23.4 Å². The molecule has 0 amide bonds. The first-order valence-corrected chi connectivity index (χ1v) is 11.3. The summed E-state index contributed by atoms with van der Waals surface area (Å²) in [5.41, 5.74) is 10.2. The number of rotatable bonds is 4. The number of allylic oxidation sites excluding steroid dienone is 2. The van der Waals surface area contributed by atoms with Crippen molar-refractivity contribution in [1.29, 1.82) is 0 Å². The van der Waals surface area contributed by atoms with Crippen molar-refractivity contribution in [3.8, 4) is 0 Å². The number of nitrogens with two attached hydrogens (primary N) is 1. The van der Waals surface area contributed by atoms with Crippen molar-refractivity contribution in [2.24, 2.45) is 5.73 Å². The Morgan fingerprint density at radius 2 is 2.03 bits per heavy atom. The molecule has 0 bridgehead atoms. The third-order valence-electron chi connectivity index (χ3n) is 5.25. The first kappa shape index (κ1) is 19.9. The highest BCUT2D eigenvalue weighted by atomic mass is 79.9. The van der Waals surface area contributed by atoms with Gasteiger partial charge in [-0.2, -0.15) is 11.3 Å². The standard InChI is InChI=1S/C22H21BrN2O3S/c1-2-28-22(27)20-18(13-10-11-29-12-13)19-16(4-3-5-17(19)26)25(21(20)24)15-8-6-14(23)7-9-15/h6-12,18H,2-5,24H2,1H3/t18-/m1/s1. The Bertz CT molecular complexity index is 1010. The lowest BCUT2D eigenvalue weighted by Crippen LogP contribution is -2.41. The van der Waals surface area contributed by atoms with Crippen LogP contribution in [0.15, 0.2) is 68.2 Å². The van der Waals surface area contributed by atoms with E-state index in [1.807, 2.05) is 46.0 Å². The third-order valence-corrected chi connectivity index (χ3v) is 6.48. The predicted octanol–water partition coefficient (Wildman–Crippen LogP) is 4.85. The van der Waals surface area contributed by atoms with E-state index in [1.54, 1.807) is 6.92 Å². The van der Waals surface area contributed by atoms with Gasteiger partial charge in [0.05, 0.1) is 18.1 Å². The zero-order chi connectivity index (χ0) is 20.5. The number of anilines is 1. The summed E-state index contributed by atoms with van der Waals surface area (Å²) < 4.78 is 6.30. The van der Waals surface area contributed by atoms with E-state index in [0.717, 1.165) is 34.3 Å². The van der Waals surface area contributed by atoms with Crippen molar-refractivity contribution < 1.29 is 14.3 Å². The largest absolute Gasteiger partial charge is 0.463 e. The molecule has 4 rings (SSSR count). The molecule has 0 saturated heterocycles. The van der Waals surface area contributed by atoms with E-state index in [9.17, 15) is 9.59 Å². The minimum atomic E-state index is -0.491. The molecule has 5 nitrogen and oxygen atoms in total. The summed E-state index contributed by atoms with van der Waals surface area (Å²) in [7, 11) is 0. The highest BCUT2D eigenvalue weighted by Crippen LogP contribution is 2.47. The predicted molar refractivity (Wildman–Crippen MR) is 117 cm³/mol. The Hall–Kier alpha value is -2.38. The van der Waals surface area contributed by atoms with Gasteiger partial charge in [-0.1, -0.05) is 15.9 Å². The number of ketones is 1. The molecule has 0 radical (unpaired) electrons. The quantitative estimate of drug-likeness (QED) is 0.643. The summed E-state index contributed by atoms with van der Waals surface area (Å²) in [6.07, 6.45) is 1.97. The number of carbonyl (C=O) groups excluding carboxylic acids is 2. The summed E-state index contributed by atoms with van der Waals surface area (Å²) in [6.45, 7) is 2.00. The maximum atomic E-state index is 13.1. The zero-order valence-corrected chi connectivity index (χ0v) is 18.4. The monoisotopic (exact) mass is 472 g/mol. The average molecular weight is 473 g/mol. The number of Topliss-reactive ketones (excluding diaryl/α,β-unsaturated/α-hetero) is 1. The van der Waals surface area contributed by atoms with E-state index >= 15 is 0 Å². The van der Waals surface area contributed by atoms with E-state index in [4.69, 9.17) is 10.5 Å². The van der Waals surface area contributed by atoms with Gasteiger partial charge in [-0.25, -0.2) is 4.79 Å². The maximum Gasteiger partial charge on any atom is 0.338 e. The lowest BCUT2D eigenvalue weighted by molar-refractivity contribution is -0.138. The van der Waals surface area contributed by atoms with Crippen molar-refractivity contribution >= 4 is 44.7 Å². The van der Waals surface area contributed by atoms with Gasteiger partial charge in [0, 0.05) is 27.9 Å². The lowest BCUT2D eigenvalue weighted by atomic mass is 9.76. The van der Waals surface area contributed by atoms with Crippen LogP contribution in [0.1, 0.15) is 37.7 Å². The summed E-state index contributed by atoms with van der Waals surface area (Å²) in [6, 6.07) is 9.64. The summed E-state index contributed by atoms with van der Waals surface area (Å²) in [5, 5.41) is 3.92. The molecule has 1 aromatic heterocycles. The number of nitrogens with zero attached hydrogens (tertiary/aromatic N) is 1. The number of carbonyl (C=O) groups is 2. The first-order chi connectivity index (χ1) is 14.0. The molecule has 2 aromatic rings. The van der Waals surface area contributed by atoms with E-state index in [2.05, 4.69) is 15.9 Å². The van der Waals surface area contributed by atoms with Crippen LogP contribution in [-0.4, -0.2) is 18.4 Å². The van der Waals surface area contributed by atoms with Gasteiger partial charge >= 0.3 is 5.97 Å². The van der Waals surface area contributed by atoms with Gasteiger partial charge in [0.2, 0.25) is 0 Å². The second kappa shape index (κ2) is 8.16. The number of thiophene rings is 1. The van der Waals surface area contributed by atoms with Gasteiger partial charge in [-0.05, 0) is 66.4 Å². The number of hydrogen-bond acceptors (Lipinski definition) is 6. The van der Waals surface area contributed by atoms with Crippen LogP contribution >= 0.6 is 27.3 Å². The van der Waals surface area contributed by atoms with Crippen molar-refractivity contribution in [3.63, 3.8) is 0 Å². The average Bonchev–Trinajstić information content (AvgIpc) is 3.23. The van der Waals surface area contributed by atoms with Crippen LogP contribution in [0.2, 0.25) is 0 Å². The van der Waals surface area contributed by atoms with Gasteiger partial charge in [-0.15, -0.1) is 0 Å². The first-order valence-electron chi connectivity index (χ1n) is 9.53. The molecule has 0 spiro atoms. The number of benzene rings is 1. The smallest absolute Gasteiger partial charge is 0.338 e. The molecule has 2 N–H and O–H groups in total. The fourth-order valence-electron chi connectivity index (χ4n) is 4.05. The van der Waals surface area contributed by atoms with Gasteiger partial charge in [0.25, 0.3) is 0 Å². The van der Waals surface area contributed by atoms with E-state index < -0.39 is 11.9 Å². The third kappa shape index (κ3) is 3.53. The Kier molecular flexibility index (Phi) is 5.61. The highest BCUT2D eigenvalue weighted by Gasteiger charge is 2.43. The summed E-state index contributed by atoms with van der Waals surface area (Å²) in [5.74, 6) is -0.572. The summed E-state index contributed by atoms with van der Waals surface area (Å²) in [4.78, 5) is 28.0. The zero-order valence-electron chi connectivity index (χ0n) is 16.0. The van der Waals surface area contributed by atoms with Crippen LogP contribution in [0.4, 0.5) is 5.69 Å². The normalized spacial score (nSPS) is 19.4. The molecule has 2 aliphatic rings. The molecule has 0 saturated carbocycles. The molecular formula is C22H21BrN2O3S. The van der Waals surface area contributed by atoms with Crippen LogP contribution in [0.25, 0.3) is 0 Å². The van der Waals surface area contributed by atoms with Crippen LogP contribution in [0, 0.1) is 0 Å². The second-order valence-corrected chi connectivity index (χ2v) is 8.65. The van der Waals surface area contributed by atoms with Gasteiger partial charge in [0.1, 0.15) is 5.82 Å². The van der Waals surface area contributed by atoms with Crippen molar-refractivity contribution in [2.75, 3.05) is 11.5 Å². The Balaban J connectivity index is 1.97. The topological polar surface area (TPSA) is 72.6 Å². The molecule has 0 unspecified atom stereocenters. The fraction of sp³-hybridized carbons (Fsp3) is 0.273. The van der Waals surface area contributed by atoms with Crippen LogP contribution in [0.3, 0.4) is 0 Å². The Morgan fingerprint density at radius 3 is 2.69 bits per heavy atom. The van der Waals surface area contributed by atoms with Crippen molar-refractivity contribution in [3.05, 3.63) is 73.8 Å². The van der Waals surface area contributed by atoms with Crippen LogP contribution < -0.4 is 10.6 Å². The number of esters is 1. The molecule has 7 heteroatoms. The SMILES string of the molecule is CCOC(=O)C1=C(N)N(c2ccc(Br)cc2)C2=C(C(=O)CCC2)[C@H]1c1ccsc1. The number of hydrogen-bond donors (Lipinski definition) is 1. The number of ether oxygens (including phenoxy) is 1. The lowest BCUT2D eigenvalue weighted by Gasteiger charge is -2.40. The maximum absolute atomic E-state index is 13.1. The summed E-state index contributed by atoms with van der Waals surface area (Å²) >= 11 is 4.99. The number of halogens is 1.